The maximum Gasteiger partial charge on any atom is 0.348 e. The lowest BCUT2D eigenvalue weighted by Crippen LogP contribution is -2.30. The van der Waals surface area contributed by atoms with Gasteiger partial charge in [-0.25, -0.2) is 4.79 Å². The summed E-state index contributed by atoms with van der Waals surface area (Å²) in [7, 11) is 0. The molecule has 3 rings (SSSR count). The number of hydrogen-bond donors (Lipinski definition) is 2. The van der Waals surface area contributed by atoms with Gasteiger partial charge < -0.3 is 15.3 Å². The van der Waals surface area contributed by atoms with Crippen molar-refractivity contribution in [2.24, 2.45) is 11.8 Å². The fourth-order valence-electron chi connectivity index (χ4n) is 2.54. The highest BCUT2D eigenvalue weighted by Crippen LogP contribution is 2.32. The number of hydrogen-bond acceptors (Lipinski definition) is 4. The minimum atomic E-state index is -1.06. The molecule has 112 valence electrons. The van der Waals surface area contributed by atoms with E-state index in [0.29, 0.717) is 18.2 Å². The lowest BCUT2D eigenvalue weighted by molar-refractivity contribution is -0.128. The number of aromatic carboxylic acids is 1. The zero-order chi connectivity index (χ0) is 15.0. The van der Waals surface area contributed by atoms with Crippen LogP contribution in [0.15, 0.2) is 11.4 Å². The van der Waals surface area contributed by atoms with Crippen LogP contribution < -0.4 is 5.32 Å². The molecule has 1 aromatic rings. The standard InChI is InChI=1S/C14H16N2O4S/c17-11-5-9(7-16(11)6-8-1-2-8)13(18)15-10-3-4-21-12(10)14(19)20/h3-4,8-9H,1-2,5-7H2,(H,15,18)(H,19,20). The van der Waals surface area contributed by atoms with Crippen molar-refractivity contribution >= 4 is 34.8 Å². The molecule has 2 aliphatic rings. The first-order valence-corrected chi connectivity index (χ1v) is 7.82. The van der Waals surface area contributed by atoms with Gasteiger partial charge in [-0.1, -0.05) is 0 Å². The zero-order valence-corrected chi connectivity index (χ0v) is 12.2. The summed E-state index contributed by atoms with van der Waals surface area (Å²) in [5.41, 5.74) is 0.311. The lowest BCUT2D eigenvalue weighted by atomic mass is 10.1. The Kier molecular flexibility index (Phi) is 3.67. The van der Waals surface area contributed by atoms with Crippen LogP contribution in [0, 0.1) is 11.8 Å². The van der Waals surface area contributed by atoms with E-state index in [0.717, 1.165) is 30.7 Å². The van der Waals surface area contributed by atoms with Crippen molar-refractivity contribution in [2.45, 2.75) is 19.3 Å². The molecular formula is C14H16N2O4S. The molecule has 21 heavy (non-hydrogen) atoms. The van der Waals surface area contributed by atoms with E-state index >= 15 is 0 Å². The molecule has 2 amide bonds. The summed E-state index contributed by atoms with van der Waals surface area (Å²) < 4.78 is 0. The normalized spacial score (nSPS) is 21.6. The monoisotopic (exact) mass is 308 g/mol. The molecule has 1 aromatic heterocycles. The van der Waals surface area contributed by atoms with Crippen LogP contribution in [0.5, 0.6) is 0 Å². The number of carboxylic acids is 1. The van der Waals surface area contributed by atoms with Gasteiger partial charge in [-0.05, 0) is 30.2 Å². The summed E-state index contributed by atoms with van der Waals surface area (Å²) in [5, 5.41) is 13.3. The topological polar surface area (TPSA) is 86.7 Å². The Balaban J connectivity index is 1.61. The van der Waals surface area contributed by atoms with Crippen LogP contribution >= 0.6 is 11.3 Å². The molecule has 2 fully saturated rings. The molecule has 0 spiro atoms. The highest BCUT2D eigenvalue weighted by Gasteiger charge is 2.37. The van der Waals surface area contributed by atoms with Crippen LogP contribution in [0.4, 0.5) is 5.69 Å². The predicted molar refractivity (Wildman–Crippen MR) is 77.3 cm³/mol. The summed E-state index contributed by atoms with van der Waals surface area (Å²) in [5.74, 6) is -1.10. The van der Waals surface area contributed by atoms with Gasteiger partial charge in [0.1, 0.15) is 4.88 Å². The quantitative estimate of drug-likeness (QED) is 0.866. The van der Waals surface area contributed by atoms with Crippen LogP contribution in [-0.2, 0) is 9.59 Å². The third-order valence-corrected chi connectivity index (χ3v) is 4.78. The van der Waals surface area contributed by atoms with Gasteiger partial charge in [0.2, 0.25) is 11.8 Å². The van der Waals surface area contributed by atoms with Crippen molar-refractivity contribution in [3.05, 3.63) is 16.3 Å². The van der Waals surface area contributed by atoms with Gasteiger partial charge in [0.05, 0.1) is 11.6 Å². The average molecular weight is 308 g/mol. The predicted octanol–water partition coefficient (Wildman–Crippen LogP) is 1.64. The molecule has 1 aliphatic heterocycles. The second-order valence-electron chi connectivity index (χ2n) is 5.60. The summed E-state index contributed by atoms with van der Waals surface area (Å²) in [6.07, 6.45) is 2.54. The van der Waals surface area contributed by atoms with Gasteiger partial charge in [-0.3, -0.25) is 9.59 Å². The van der Waals surface area contributed by atoms with Crippen LogP contribution in [-0.4, -0.2) is 40.9 Å². The molecule has 1 saturated carbocycles. The first kappa shape index (κ1) is 14.1. The van der Waals surface area contributed by atoms with E-state index in [1.807, 2.05) is 0 Å². The number of carboxylic acid groups (broad SMARTS) is 1. The minimum Gasteiger partial charge on any atom is -0.477 e. The molecule has 1 saturated heterocycles. The van der Waals surface area contributed by atoms with Crippen LogP contribution in [0.25, 0.3) is 0 Å². The summed E-state index contributed by atoms with van der Waals surface area (Å²) in [6.45, 7) is 1.19. The molecule has 2 heterocycles. The van der Waals surface area contributed by atoms with E-state index < -0.39 is 11.9 Å². The van der Waals surface area contributed by atoms with Crippen LogP contribution in [0.2, 0.25) is 0 Å². The number of nitrogens with zero attached hydrogens (tertiary/aromatic N) is 1. The minimum absolute atomic E-state index is 0.0193. The molecule has 6 nitrogen and oxygen atoms in total. The molecule has 0 bridgehead atoms. The number of carbonyl (C=O) groups is 3. The maximum absolute atomic E-state index is 12.2. The van der Waals surface area contributed by atoms with E-state index in [-0.39, 0.29) is 23.1 Å². The average Bonchev–Trinajstić information content (AvgIpc) is 2.98. The zero-order valence-electron chi connectivity index (χ0n) is 11.4. The van der Waals surface area contributed by atoms with Crippen LogP contribution in [0.1, 0.15) is 28.9 Å². The maximum atomic E-state index is 12.2. The van der Waals surface area contributed by atoms with Crippen molar-refractivity contribution in [3.63, 3.8) is 0 Å². The Morgan fingerprint density at radius 1 is 1.43 bits per heavy atom. The first-order valence-electron chi connectivity index (χ1n) is 6.94. The smallest absolute Gasteiger partial charge is 0.348 e. The summed E-state index contributed by atoms with van der Waals surface area (Å²) in [4.78, 5) is 37.0. The fourth-order valence-corrected chi connectivity index (χ4v) is 3.23. The lowest BCUT2D eigenvalue weighted by Gasteiger charge is -2.15. The first-order chi connectivity index (χ1) is 10.0. The fraction of sp³-hybridized carbons (Fsp3) is 0.500. The Hall–Kier alpha value is -1.89. The molecule has 2 N–H and O–H groups in total. The third kappa shape index (κ3) is 3.07. The molecule has 1 unspecified atom stereocenters. The highest BCUT2D eigenvalue weighted by molar-refractivity contribution is 7.12. The van der Waals surface area contributed by atoms with Gasteiger partial charge in [0.25, 0.3) is 0 Å². The van der Waals surface area contributed by atoms with E-state index in [9.17, 15) is 14.4 Å². The number of anilines is 1. The second-order valence-corrected chi connectivity index (χ2v) is 6.52. The van der Waals surface area contributed by atoms with Crippen molar-refractivity contribution < 1.29 is 19.5 Å². The summed E-state index contributed by atoms with van der Waals surface area (Å²) in [6, 6.07) is 1.57. The Morgan fingerprint density at radius 2 is 2.19 bits per heavy atom. The largest absolute Gasteiger partial charge is 0.477 e. The number of carbonyl (C=O) groups excluding carboxylic acids is 2. The highest BCUT2D eigenvalue weighted by atomic mass is 32.1. The van der Waals surface area contributed by atoms with Crippen molar-refractivity contribution in [3.8, 4) is 0 Å². The Morgan fingerprint density at radius 3 is 2.86 bits per heavy atom. The second kappa shape index (κ2) is 5.48. The van der Waals surface area contributed by atoms with Gasteiger partial charge in [-0.15, -0.1) is 11.3 Å². The van der Waals surface area contributed by atoms with Gasteiger partial charge in [0.15, 0.2) is 0 Å². The van der Waals surface area contributed by atoms with E-state index in [2.05, 4.69) is 5.32 Å². The van der Waals surface area contributed by atoms with Crippen molar-refractivity contribution in [1.82, 2.24) is 4.90 Å². The number of likely N-dealkylation sites (tertiary alicyclic amines) is 1. The van der Waals surface area contributed by atoms with Crippen LogP contribution in [0.3, 0.4) is 0 Å². The number of nitrogens with one attached hydrogen (secondary N) is 1. The number of amides is 2. The molecule has 1 aliphatic carbocycles. The number of thiophene rings is 1. The van der Waals surface area contributed by atoms with Crippen molar-refractivity contribution in [1.29, 1.82) is 0 Å². The molecule has 1 atom stereocenters. The Labute approximate surface area is 125 Å². The SMILES string of the molecule is O=C(O)c1sccc1NC(=O)C1CC(=O)N(CC2CC2)C1. The van der Waals surface area contributed by atoms with E-state index in [4.69, 9.17) is 5.11 Å². The molecule has 0 aromatic carbocycles. The van der Waals surface area contributed by atoms with E-state index in [1.54, 1.807) is 16.3 Å². The molecule has 7 heteroatoms. The van der Waals surface area contributed by atoms with Gasteiger partial charge in [0, 0.05) is 19.5 Å². The molecular weight excluding hydrogens is 292 g/mol. The number of rotatable bonds is 5. The summed E-state index contributed by atoms with van der Waals surface area (Å²) >= 11 is 1.07. The Bertz CT molecular complexity index is 594. The van der Waals surface area contributed by atoms with Gasteiger partial charge >= 0.3 is 5.97 Å². The molecule has 0 radical (unpaired) electrons. The van der Waals surface area contributed by atoms with E-state index in [1.165, 1.54) is 0 Å². The van der Waals surface area contributed by atoms with Crippen molar-refractivity contribution in [2.75, 3.05) is 18.4 Å². The third-order valence-electron chi connectivity index (χ3n) is 3.88. The van der Waals surface area contributed by atoms with Gasteiger partial charge in [-0.2, -0.15) is 0 Å².